The van der Waals surface area contributed by atoms with Crippen molar-refractivity contribution in [2.24, 2.45) is 4.99 Å². The fraction of sp³-hybridized carbons (Fsp3) is 0.261. The van der Waals surface area contributed by atoms with Crippen LogP contribution in [0.4, 0.5) is 0 Å². The number of amides is 1. The van der Waals surface area contributed by atoms with Gasteiger partial charge in [0.2, 0.25) is 5.43 Å². The zero-order valence-electron chi connectivity index (χ0n) is 17.3. The Morgan fingerprint density at radius 1 is 1.13 bits per heavy atom. The number of hydrogen-bond acceptors (Lipinski definition) is 6. The van der Waals surface area contributed by atoms with E-state index in [-0.39, 0.29) is 5.56 Å². The molecule has 1 amide bonds. The molecule has 0 atom stereocenters. The molecule has 0 spiro atoms. The van der Waals surface area contributed by atoms with Crippen LogP contribution in [0.3, 0.4) is 0 Å². The quantitative estimate of drug-likeness (QED) is 0.408. The van der Waals surface area contributed by atoms with Gasteiger partial charge in [-0.15, -0.1) is 0 Å². The van der Waals surface area contributed by atoms with Crippen molar-refractivity contribution in [3.8, 4) is 5.75 Å². The first-order valence-corrected chi connectivity index (χ1v) is 10.9. The van der Waals surface area contributed by atoms with E-state index in [0.717, 1.165) is 10.2 Å². The van der Waals surface area contributed by atoms with Gasteiger partial charge in [-0.05, 0) is 38.1 Å². The third-order valence-corrected chi connectivity index (χ3v) is 5.78. The molecule has 0 fully saturated rings. The highest BCUT2D eigenvalue weighted by Crippen LogP contribution is 2.27. The Morgan fingerprint density at radius 3 is 2.77 bits per heavy atom. The Labute approximate surface area is 182 Å². The third kappa shape index (κ3) is 4.17. The average molecular weight is 439 g/mol. The standard InChI is InChI=1S/C23H22N2O5S/c1-3-28-13-12-25-20-18(29-4-2)10-7-11-19(20)31-23(25)24-22(27)16-14-30-17-9-6-5-8-15(17)21(16)26/h5-11,14H,3-4,12-13H2,1-2H3. The summed E-state index contributed by atoms with van der Waals surface area (Å²) in [7, 11) is 0. The predicted octanol–water partition coefficient (Wildman–Crippen LogP) is 3.99. The van der Waals surface area contributed by atoms with Crippen molar-refractivity contribution < 1.29 is 18.7 Å². The summed E-state index contributed by atoms with van der Waals surface area (Å²) in [5.41, 5.74) is 0.787. The van der Waals surface area contributed by atoms with Crippen molar-refractivity contribution in [3.63, 3.8) is 0 Å². The van der Waals surface area contributed by atoms with Crippen LogP contribution in [0, 0.1) is 0 Å². The molecule has 0 saturated heterocycles. The van der Waals surface area contributed by atoms with E-state index in [4.69, 9.17) is 13.9 Å². The van der Waals surface area contributed by atoms with Gasteiger partial charge in [-0.2, -0.15) is 4.99 Å². The van der Waals surface area contributed by atoms with Crippen molar-refractivity contribution in [1.82, 2.24) is 4.57 Å². The van der Waals surface area contributed by atoms with E-state index < -0.39 is 11.3 Å². The minimum Gasteiger partial charge on any atom is -0.492 e. The lowest BCUT2D eigenvalue weighted by Gasteiger charge is -2.09. The van der Waals surface area contributed by atoms with Crippen LogP contribution in [-0.4, -0.2) is 30.3 Å². The van der Waals surface area contributed by atoms with Crippen molar-refractivity contribution >= 4 is 38.4 Å². The highest BCUT2D eigenvalue weighted by Gasteiger charge is 2.16. The summed E-state index contributed by atoms with van der Waals surface area (Å²) in [6.45, 7) is 5.91. The van der Waals surface area contributed by atoms with Crippen LogP contribution in [0.5, 0.6) is 5.75 Å². The van der Waals surface area contributed by atoms with E-state index in [9.17, 15) is 9.59 Å². The summed E-state index contributed by atoms with van der Waals surface area (Å²) in [4.78, 5) is 30.5. The number of carbonyl (C=O) groups excluding carboxylic acids is 1. The number of para-hydroxylation sites is 2. The minimum absolute atomic E-state index is 0.0995. The molecule has 4 rings (SSSR count). The van der Waals surface area contributed by atoms with Gasteiger partial charge in [-0.25, -0.2) is 0 Å². The second-order valence-corrected chi connectivity index (χ2v) is 7.67. The van der Waals surface area contributed by atoms with E-state index in [0.29, 0.717) is 47.9 Å². The molecule has 2 aromatic heterocycles. The Balaban J connectivity index is 1.85. The molecular weight excluding hydrogens is 416 g/mol. The third-order valence-electron chi connectivity index (χ3n) is 4.73. The van der Waals surface area contributed by atoms with E-state index in [1.54, 1.807) is 24.3 Å². The predicted molar refractivity (Wildman–Crippen MR) is 120 cm³/mol. The number of ether oxygens (including phenoxy) is 2. The van der Waals surface area contributed by atoms with Gasteiger partial charge in [-0.3, -0.25) is 9.59 Å². The van der Waals surface area contributed by atoms with Crippen LogP contribution >= 0.6 is 11.3 Å². The van der Waals surface area contributed by atoms with Crippen molar-refractivity contribution in [3.05, 3.63) is 69.3 Å². The van der Waals surface area contributed by atoms with Gasteiger partial charge in [-0.1, -0.05) is 29.5 Å². The maximum atomic E-state index is 13.0. The number of rotatable bonds is 7. The topological polar surface area (TPSA) is 83.0 Å². The molecule has 8 heteroatoms. The summed E-state index contributed by atoms with van der Waals surface area (Å²) in [5.74, 6) is 0.0704. The maximum Gasteiger partial charge on any atom is 0.286 e. The molecule has 2 heterocycles. The second kappa shape index (κ2) is 9.28. The van der Waals surface area contributed by atoms with Gasteiger partial charge < -0.3 is 18.5 Å². The van der Waals surface area contributed by atoms with Gasteiger partial charge in [0.05, 0.1) is 23.3 Å². The molecule has 0 saturated carbocycles. The molecule has 0 unspecified atom stereocenters. The number of carbonyl (C=O) groups is 1. The number of hydrogen-bond donors (Lipinski definition) is 0. The monoisotopic (exact) mass is 438 g/mol. The van der Waals surface area contributed by atoms with Gasteiger partial charge in [0.15, 0.2) is 4.80 Å². The van der Waals surface area contributed by atoms with Crippen LogP contribution < -0.4 is 15.0 Å². The molecule has 0 aliphatic heterocycles. The first-order chi connectivity index (χ1) is 15.1. The number of thiazole rings is 1. The SMILES string of the molecule is CCOCCn1c(=NC(=O)c2coc3ccccc3c2=O)sc2cccc(OCC)c21. The van der Waals surface area contributed by atoms with Gasteiger partial charge in [0, 0.05) is 13.2 Å². The van der Waals surface area contributed by atoms with Crippen LogP contribution in [0.2, 0.25) is 0 Å². The van der Waals surface area contributed by atoms with Crippen LogP contribution in [0.25, 0.3) is 21.2 Å². The van der Waals surface area contributed by atoms with E-state index >= 15 is 0 Å². The average Bonchev–Trinajstić information content (AvgIpc) is 3.12. The summed E-state index contributed by atoms with van der Waals surface area (Å²) in [6.07, 6.45) is 1.18. The molecule has 7 nitrogen and oxygen atoms in total. The number of fused-ring (bicyclic) bond motifs is 2. The lowest BCUT2D eigenvalue weighted by Crippen LogP contribution is -2.22. The number of aromatic nitrogens is 1. The molecule has 4 aromatic rings. The summed E-state index contributed by atoms with van der Waals surface area (Å²) < 4.78 is 19.6. The van der Waals surface area contributed by atoms with Crippen LogP contribution in [-0.2, 0) is 11.3 Å². The smallest absolute Gasteiger partial charge is 0.286 e. The normalized spacial score (nSPS) is 12.0. The minimum atomic E-state index is -0.644. The lowest BCUT2D eigenvalue weighted by atomic mass is 10.2. The Kier molecular flexibility index (Phi) is 6.29. The highest BCUT2D eigenvalue weighted by atomic mass is 32.1. The summed E-state index contributed by atoms with van der Waals surface area (Å²) in [6, 6.07) is 12.6. The zero-order valence-corrected chi connectivity index (χ0v) is 18.1. The highest BCUT2D eigenvalue weighted by molar-refractivity contribution is 7.16. The molecule has 0 aliphatic rings. The maximum absolute atomic E-state index is 13.0. The largest absolute Gasteiger partial charge is 0.492 e. The molecule has 0 N–H and O–H groups in total. The molecule has 0 bridgehead atoms. The molecule has 160 valence electrons. The van der Waals surface area contributed by atoms with Crippen molar-refractivity contribution in [1.29, 1.82) is 0 Å². The Morgan fingerprint density at radius 2 is 1.97 bits per heavy atom. The second-order valence-electron chi connectivity index (χ2n) is 6.66. The van der Waals surface area contributed by atoms with Gasteiger partial charge in [0.1, 0.15) is 28.7 Å². The molecule has 0 radical (unpaired) electrons. The summed E-state index contributed by atoms with van der Waals surface area (Å²) in [5, 5.41) is 0.350. The fourth-order valence-electron chi connectivity index (χ4n) is 3.34. The van der Waals surface area contributed by atoms with Crippen LogP contribution in [0.1, 0.15) is 24.2 Å². The first kappa shape index (κ1) is 21.0. The fourth-order valence-corrected chi connectivity index (χ4v) is 4.41. The van der Waals surface area contributed by atoms with E-state index in [1.807, 2.05) is 36.6 Å². The Hall–Kier alpha value is -3.23. The van der Waals surface area contributed by atoms with Gasteiger partial charge in [0.25, 0.3) is 5.91 Å². The van der Waals surface area contributed by atoms with Gasteiger partial charge >= 0.3 is 0 Å². The molecular formula is C23H22N2O5S. The lowest BCUT2D eigenvalue weighted by molar-refractivity contribution is 0.0994. The number of nitrogens with zero attached hydrogens (tertiary/aromatic N) is 2. The first-order valence-electron chi connectivity index (χ1n) is 10.1. The molecule has 0 aliphatic carbocycles. The number of benzene rings is 2. The van der Waals surface area contributed by atoms with Crippen molar-refractivity contribution in [2.45, 2.75) is 20.4 Å². The molecule has 2 aromatic carbocycles. The van der Waals surface area contributed by atoms with Crippen molar-refractivity contribution in [2.75, 3.05) is 19.8 Å². The van der Waals surface area contributed by atoms with E-state index in [1.165, 1.54) is 17.6 Å². The molecule has 31 heavy (non-hydrogen) atoms. The zero-order chi connectivity index (χ0) is 21.8. The summed E-state index contributed by atoms with van der Waals surface area (Å²) >= 11 is 1.36. The van der Waals surface area contributed by atoms with E-state index in [2.05, 4.69) is 4.99 Å². The van der Waals surface area contributed by atoms with Crippen LogP contribution in [0.15, 0.2) is 62.9 Å². The Bertz CT molecular complexity index is 1370.